The first kappa shape index (κ1) is 14.9. The van der Waals surface area contributed by atoms with E-state index < -0.39 is 6.10 Å². The molecule has 2 aromatic rings. The van der Waals surface area contributed by atoms with Crippen molar-refractivity contribution >= 4 is 11.6 Å². The van der Waals surface area contributed by atoms with Crippen molar-refractivity contribution in [3.63, 3.8) is 0 Å². The van der Waals surface area contributed by atoms with Crippen LogP contribution in [0.4, 0.5) is 0 Å². The number of benzene rings is 2. The number of methoxy groups -OCH3 is 1. The van der Waals surface area contributed by atoms with E-state index >= 15 is 0 Å². The number of rotatable bonds is 5. The van der Waals surface area contributed by atoms with E-state index in [9.17, 15) is 5.11 Å². The van der Waals surface area contributed by atoms with Crippen LogP contribution in [0.15, 0.2) is 48.5 Å². The first-order valence-corrected chi connectivity index (χ1v) is 6.81. The highest BCUT2D eigenvalue weighted by Gasteiger charge is 2.24. The Kier molecular flexibility index (Phi) is 5.01. The highest BCUT2D eigenvalue weighted by atomic mass is 35.5. The van der Waals surface area contributed by atoms with Crippen molar-refractivity contribution < 1.29 is 9.84 Å². The largest absolute Gasteiger partial charge is 0.496 e. The molecule has 0 heterocycles. The van der Waals surface area contributed by atoms with Gasteiger partial charge in [0.1, 0.15) is 5.75 Å². The van der Waals surface area contributed by atoms with Crippen LogP contribution < -0.4 is 10.5 Å². The van der Waals surface area contributed by atoms with Crippen molar-refractivity contribution in [2.75, 3.05) is 13.7 Å². The van der Waals surface area contributed by atoms with Gasteiger partial charge in [0.15, 0.2) is 0 Å². The zero-order chi connectivity index (χ0) is 14.5. The van der Waals surface area contributed by atoms with Gasteiger partial charge in [-0.1, -0.05) is 41.9 Å². The van der Waals surface area contributed by atoms with E-state index in [0.717, 1.165) is 16.9 Å². The molecule has 0 saturated carbocycles. The van der Waals surface area contributed by atoms with Crippen LogP contribution in [0.1, 0.15) is 23.1 Å². The van der Waals surface area contributed by atoms with Crippen molar-refractivity contribution in [2.24, 2.45) is 5.73 Å². The summed E-state index contributed by atoms with van der Waals surface area (Å²) in [6.07, 6.45) is -0.700. The molecule has 0 amide bonds. The maximum Gasteiger partial charge on any atom is 0.122 e. The van der Waals surface area contributed by atoms with Gasteiger partial charge < -0.3 is 15.6 Å². The lowest BCUT2D eigenvalue weighted by Gasteiger charge is -2.24. The molecule has 0 aromatic heterocycles. The van der Waals surface area contributed by atoms with Crippen molar-refractivity contribution in [2.45, 2.75) is 12.0 Å². The number of aliphatic hydroxyl groups is 1. The summed E-state index contributed by atoms with van der Waals surface area (Å²) in [5, 5.41) is 11.2. The Labute approximate surface area is 123 Å². The number of halogens is 1. The second-order valence-electron chi connectivity index (χ2n) is 4.58. The fraction of sp³-hybridized carbons (Fsp3) is 0.250. The van der Waals surface area contributed by atoms with E-state index in [4.69, 9.17) is 22.1 Å². The first-order valence-electron chi connectivity index (χ1n) is 6.44. The predicted molar refractivity (Wildman–Crippen MR) is 81.2 cm³/mol. The monoisotopic (exact) mass is 291 g/mol. The van der Waals surface area contributed by atoms with E-state index in [0.29, 0.717) is 11.6 Å². The van der Waals surface area contributed by atoms with Crippen LogP contribution in [0.2, 0.25) is 5.02 Å². The molecule has 2 atom stereocenters. The van der Waals surface area contributed by atoms with Gasteiger partial charge in [-0.2, -0.15) is 0 Å². The van der Waals surface area contributed by atoms with E-state index in [1.54, 1.807) is 19.2 Å². The fourth-order valence-corrected chi connectivity index (χ4v) is 2.42. The topological polar surface area (TPSA) is 55.5 Å². The molecule has 3 N–H and O–H groups in total. The van der Waals surface area contributed by atoms with Crippen molar-refractivity contribution in [1.29, 1.82) is 0 Å². The summed E-state index contributed by atoms with van der Waals surface area (Å²) in [4.78, 5) is 0. The smallest absolute Gasteiger partial charge is 0.122 e. The summed E-state index contributed by atoms with van der Waals surface area (Å²) < 4.78 is 5.35. The number of hydrogen-bond acceptors (Lipinski definition) is 3. The molecule has 2 rings (SSSR count). The number of aliphatic hydroxyl groups excluding tert-OH is 1. The maximum atomic E-state index is 10.6. The Hall–Kier alpha value is -1.55. The Morgan fingerprint density at radius 3 is 2.40 bits per heavy atom. The number of nitrogens with two attached hydrogens (primary N) is 1. The molecule has 0 aliphatic rings. The van der Waals surface area contributed by atoms with E-state index in [1.807, 2.05) is 36.4 Å². The minimum Gasteiger partial charge on any atom is -0.496 e. The minimum atomic E-state index is -0.700. The van der Waals surface area contributed by atoms with Gasteiger partial charge >= 0.3 is 0 Å². The zero-order valence-corrected chi connectivity index (χ0v) is 12.0. The van der Waals surface area contributed by atoms with Gasteiger partial charge in [-0.15, -0.1) is 0 Å². The second-order valence-corrected chi connectivity index (χ2v) is 5.02. The Morgan fingerprint density at radius 2 is 1.80 bits per heavy atom. The Morgan fingerprint density at radius 1 is 1.15 bits per heavy atom. The summed E-state index contributed by atoms with van der Waals surface area (Å²) in [6.45, 7) is 0.324. The maximum absolute atomic E-state index is 10.6. The molecule has 0 bridgehead atoms. The molecule has 4 heteroatoms. The molecule has 2 aromatic carbocycles. The average molecular weight is 292 g/mol. The van der Waals surface area contributed by atoms with Crippen LogP contribution in [0, 0.1) is 0 Å². The first-order chi connectivity index (χ1) is 9.67. The normalized spacial score (nSPS) is 13.8. The Bertz CT molecular complexity index is 557. The van der Waals surface area contributed by atoms with E-state index in [2.05, 4.69) is 0 Å². The molecule has 0 aliphatic carbocycles. The van der Waals surface area contributed by atoms with Crippen LogP contribution in [-0.4, -0.2) is 18.8 Å². The van der Waals surface area contributed by atoms with Crippen molar-refractivity contribution in [1.82, 2.24) is 0 Å². The van der Waals surface area contributed by atoms with Crippen LogP contribution >= 0.6 is 11.6 Å². The third kappa shape index (κ3) is 3.12. The molecule has 2 unspecified atom stereocenters. The van der Waals surface area contributed by atoms with E-state index in [1.165, 1.54) is 0 Å². The van der Waals surface area contributed by atoms with Crippen LogP contribution in [0.5, 0.6) is 5.75 Å². The molecule has 3 nitrogen and oxygen atoms in total. The highest BCUT2D eigenvalue weighted by Crippen LogP contribution is 2.35. The molecule has 0 saturated heterocycles. The van der Waals surface area contributed by atoms with Gasteiger partial charge in [0.05, 0.1) is 13.2 Å². The highest BCUT2D eigenvalue weighted by molar-refractivity contribution is 6.30. The van der Waals surface area contributed by atoms with Crippen LogP contribution in [-0.2, 0) is 0 Å². The summed E-state index contributed by atoms with van der Waals surface area (Å²) >= 11 is 5.87. The fourth-order valence-electron chi connectivity index (χ4n) is 2.29. The predicted octanol–water partition coefficient (Wildman–Crippen LogP) is 3.12. The van der Waals surface area contributed by atoms with Gasteiger partial charge in [-0.25, -0.2) is 0 Å². The standard InChI is InChI=1S/C16H18ClNO2/c1-20-15-5-3-2-4-13(15)14(10-18)16(19)11-6-8-12(17)9-7-11/h2-9,14,16,19H,10,18H2,1H3. The number of para-hydroxylation sites is 1. The molecule has 0 radical (unpaired) electrons. The summed E-state index contributed by atoms with van der Waals surface area (Å²) in [6, 6.07) is 14.7. The molecule has 20 heavy (non-hydrogen) atoms. The lowest BCUT2D eigenvalue weighted by Crippen LogP contribution is -2.20. The van der Waals surface area contributed by atoms with Crippen LogP contribution in [0.25, 0.3) is 0 Å². The van der Waals surface area contributed by atoms with Crippen molar-refractivity contribution in [3.05, 3.63) is 64.7 Å². The molecule has 0 spiro atoms. The SMILES string of the molecule is COc1ccccc1C(CN)C(O)c1ccc(Cl)cc1. The lowest BCUT2D eigenvalue weighted by molar-refractivity contribution is 0.146. The van der Waals surface area contributed by atoms with Gasteiger partial charge in [-0.05, 0) is 23.8 Å². The number of ether oxygens (including phenoxy) is 1. The second kappa shape index (κ2) is 6.75. The van der Waals surface area contributed by atoms with Crippen LogP contribution in [0.3, 0.4) is 0 Å². The summed E-state index contributed by atoms with van der Waals surface area (Å²) in [5.74, 6) is 0.503. The quantitative estimate of drug-likeness (QED) is 0.890. The molecular formula is C16H18ClNO2. The Balaban J connectivity index is 2.34. The van der Waals surface area contributed by atoms with Crippen molar-refractivity contribution in [3.8, 4) is 5.75 Å². The minimum absolute atomic E-state index is 0.229. The molecular weight excluding hydrogens is 274 g/mol. The molecule has 106 valence electrons. The lowest BCUT2D eigenvalue weighted by atomic mass is 9.88. The van der Waals surface area contributed by atoms with Gasteiger partial charge in [0, 0.05) is 23.0 Å². The van der Waals surface area contributed by atoms with Gasteiger partial charge in [-0.3, -0.25) is 0 Å². The average Bonchev–Trinajstić information content (AvgIpc) is 2.49. The third-order valence-electron chi connectivity index (χ3n) is 3.38. The zero-order valence-electron chi connectivity index (χ0n) is 11.3. The van der Waals surface area contributed by atoms with Gasteiger partial charge in [0.25, 0.3) is 0 Å². The molecule has 0 fully saturated rings. The molecule has 0 aliphatic heterocycles. The van der Waals surface area contributed by atoms with Gasteiger partial charge in [0.2, 0.25) is 0 Å². The summed E-state index contributed by atoms with van der Waals surface area (Å²) in [7, 11) is 1.61. The van der Waals surface area contributed by atoms with E-state index in [-0.39, 0.29) is 5.92 Å². The third-order valence-corrected chi connectivity index (χ3v) is 3.64. The number of hydrogen-bond donors (Lipinski definition) is 2. The summed E-state index contributed by atoms with van der Waals surface area (Å²) in [5.41, 5.74) is 7.55.